The predicted octanol–water partition coefficient (Wildman–Crippen LogP) is 2.84. The van der Waals surface area contributed by atoms with Crippen molar-refractivity contribution in [3.8, 4) is 5.75 Å². The second-order valence-electron chi connectivity index (χ2n) is 6.74. The van der Waals surface area contributed by atoms with Crippen LogP contribution in [0, 0.1) is 0 Å². The minimum Gasteiger partial charge on any atom is -0.497 e. The number of alkyl carbamates (subject to hydrolysis) is 1. The molecule has 122 valence electrons. The first-order chi connectivity index (χ1) is 10.4. The first-order valence-electron chi connectivity index (χ1n) is 7.71. The molecule has 5 heteroatoms. The fraction of sp³-hybridized carbons (Fsp3) is 0.588. The van der Waals surface area contributed by atoms with Crippen LogP contribution < -0.4 is 15.4 Å². The summed E-state index contributed by atoms with van der Waals surface area (Å²) in [6, 6.07) is 8.70. The average Bonchev–Trinajstić information content (AvgIpc) is 2.39. The Morgan fingerprint density at radius 1 is 1.18 bits per heavy atom. The molecule has 0 bridgehead atoms. The number of methoxy groups -OCH3 is 1. The first kappa shape index (κ1) is 16.6. The molecule has 22 heavy (non-hydrogen) atoms. The van der Waals surface area contributed by atoms with Crippen molar-refractivity contribution >= 4 is 6.09 Å². The molecular formula is C17H26N2O3. The summed E-state index contributed by atoms with van der Waals surface area (Å²) in [5.74, 6) is 0.869. The van der Waals surface area contributed by atoms with Gasteiger partial charge < -0.3 is 20.1 Å². The van der Waals surface area contributed by atoms with Crippen LogP contribution >= 0.6 is 0 Å². The maximum absolute atomic E-state index is 11.6. The molecule has 1 aromatic rings. The zero-order valence-electron chi connectivity index (χ0n) is 13.8. The topological polar surface area (TPSA) is 59.6 Å². The molecule has 0 spiro atoms. The Bertz CT molecular complexity index is 488. The molecule has 2 rings (SSSR count). The third-order valence-corrected chi connectivity index (χ3v) is 3.61. The van der Waals surface area contributed by atoms with Crippen LogP contribution in [-0.2, 0) is 11.3 Å². The van der Waals surface area contributed by atoms with E-state index < -0.39 is 5.60 Å². The van der Waals surface area contributed by atoms with Gasteiger partial charge in [-0.15, -0.1) is 0 Å². The summed E-state index contributed by atoms with van der Waals surface area (Å²) in [6.07, 6.45) is 1.55. The van der Waals surface area contributed by atoms with Crippen LogP contribution in [0.2, 0.25) is 0 Å². The smallest absolute Gasteiger partial charge is 0.407 e. The number of benzene rings is 1. The van der Waals surface area contributed by atoms with Gasteiger partial charge in [-0.25, -0.2) is 4.79 Å². The number of hydrogen-bond acceptors (Lipinski definition) is 4. The van der Waals surface area contributed by atoms with Gasteiger partial charge in [-0.3, -0.25) is 0 Å². The Kier molecular flexibility index (Phi) is 5.29. The third kappa shape index (κ3) is 5.22. The second-order valence-corrected chi connectivity index (χ2v) is 6.74. The molecule has 0 unspecified atom stereocenters. The second kappa shape index (κ2) is 7.01. The Hall–Kier alpha value is -1.75. The number of nitrogens with one attached hydrogen (secondary N) is 2. The molecule has 1 aromatic carbocycles. The zero-order chi connectivity index (χ0) is 16.2. The molecule has 0 aliphatic heterocycles. The molecule has 2 N–H and O–H groups in total. The summed E-state index contributed by atoms with van der Waals surface area (Å²) < 4.78 is 10.4. The van der Waals surface area contributed by atoms with Crippen LogP contribution in [0.25, 0.3) is 0 Å². The van der Waals surface area contributed by atoms with Crippen molar-refractivity contribution < 1.29 is 14.3 Å². The van der Waals surface area contributed by atoms with Gasteiger partial charge in [-0.05, 0) is 51.3 Å². The van der Waals surface area contributed by atoms with Crippen molar-refractivity contribution in [2.24, 2.45) is 0 Å². The molecule has 1 aliphatic rings. The van der Waals surface area contributed by atoms with E-state index in [9.17, 15) is 4.79 Å². The standard InChI is InChI=1S/C17H26N2O3/c1-17(2,3)22-16(20)19-14-9-13(10-14)18-11-12-5-7-15(21-4)8-6-12/h5-8,13-14,18H,9-11H2,1-4H3,(H,19,20). The van der Waals surface area contributed by atoms with Crippen molar-refractivity contribution in [2.75, 3.05) is 7.11 Å². The maximum Gasteiger partial charge on any atom is 0.407 e. The summed E-state index contributed by atoms with van der Waals surface area (Å²) in [6.45, 7) is 6.43. The molecule has 0 atom stereocenters. The van der Waals surface area contributed by atoms with E-state index in [4.69, 9.17) is 9.47 Å². The highest BCUT2D eigenvalue weighted by molar-refractivity contribution is 5.68. The van der Waals surface area contributed by atoms with Crippen LogP contribution in [0.1, 0.15) is 39.2 Å². The van der Waals surface area contributed by atoms with E-state index in [0.717, 1.165) is 25.1 Å². The molecule has 1 amide bonds. The summed E-state index contributed by atoms with van der Waals surface area (Å²) in [5.41, 5.74) is 0.782. The molecular weight excluding hydrogens is 280 g/mol. The fourth-order valence-corrected chi connectivity index (χ4v) is 2.38. The quantitative estimate of drug-likeness (QED) is 0.878. The molecule has 1 saturated carbocycles. The van der Waals surface area contributed by atoms with Gasteiger partial charge in [-0.1, -0.05) is 12.1 Å². The van der Waals surface area contributed by atoms with Crippen LogP contribution in [0.15, 0.2) is 24.3 Å². The van der Waals surface area contributed by atoms with Gasteiger partial charge in [0, 0.05) is 18.6 Å². The van der Waals surface area contributed by atoms with E-state index in [1.807, 2.05) is 32.9 Å². The fourth-order valence-electron chi connectivity index (χ4n) is 2.38. The highest BCUT2D eigenvalue weighted by Gasteiger charge is 2.31. The average molecular weight is 306 g/mol. The first-order valence-corrected chi connectivity index (χ1v) is 7.71. The minimum atomic E-state index is -0.445. The molecule has 0 radical (unpaired) electrons. The van der Waals surface area contributed by atoms with Crippen LogP contribution in [0.5, 0.6) is 5.75 Å². The Morgan fingerprint density at radius 3 is 2.36 bits per heavy atom. The van der Waals surface area contributed by atoms with E-state index in [1.165, 1.54) is 5.56 Å². The number of ether oxygens (including phenoxy) is 2. The lowest BCUT2D eigenvalue weighted by molar-refractivity contribution is 0.0465. The summed E-state index contributed by atoms with van der Waals surface area (Å²) in [7, 11) is 1.67. The summed E-state index contributed by atoms with van der Waals surface area (Å²) in [5, 5.41) is 6.39. The lowest BCUT2D eigenvalue weighted by Gasteiger charge is -2.36. The molecule has 1 aliphatic carbocycles. The maximum atomic E-state index is 11.6. The lowest BCUT2D eigenvalue weighted by atomic mass is 9.87. The van der Waals surface area contributed by atoms with Crippen molar-refractivity contribution in [3.05, 3.63) is 29.8 Å². The molecule has 0 aromatic heterocycles. The Balaban J connectivity index is 1.64. The van der Waals surface area contributed by atoms with Crippen molar-refractivity contribution in [3.63, 3.8) is 0 Å². The van der Waals surface area contributed by atoms with Gasteiger partial charge in [0.2, 0.25) is 0 Å². The van der Waals surface area contributed by atoms with E-state index in [0.29, 0.717) is 6.04 Å². The monoisotopic (exact) mass is 306 g/mol. The van der Waals surface area contributed by atoms with Gasteiger partial charge in [0.25, 0.3) is 0 Å². The number of amides is 1. The van der Waals surface area contributed by atoms with E-state index in [1.54, 1.807) is 7.11 Å². The molecule has 1 fully saturated rings. The third-order valence-electron chi connectivity index (χ3n) is 3.61. The van der Waals surface area contributed by atoms with Gasteiger partial charge in [-0.2, -0.15) is 0 Å². The van der Waals surface area contributed by atoms with Crippen LogP contribution in [0.4, 0.5) is 4.79 Å². The normalized spacial score (nSPS) is 20.9. The SMILES string of the molecule is COc1ccc(CNC2CC(NC(=O)OC(C)(C)C)C2)cc1. The Labute approximate surface area is 132 Å². The Morgan fingerprint density at radius 2 is 1.82 bits per heavy atom. The highest BCUT2D eigenvalue weighted by atomic mass is 16.6. The number of rotatable bonds is 5. The largest absolute Gasteiger partial charge is 0.497 e. The number of hydrogen-bond donors (Lipinski definition) is 2. The highest BCUT2D eigenvalue weighted by Crippen LogP contribution is 2.21. The van der Waals surface area contributed by atoms with Gasteiger partial charge >= 0.3 is 6.09 Å². The van der Waals surface area contributed by atoms with E-state index in [-0.39, 0.29) is 12.1 Å². The van der Waals surface area contributed by atoms with Crippen molar-refractivity contribution in [2.45, 2.75) is 57.8 Å². The molecule has 0 heterocycles. The van der Waals surface area contributed by atoms with Crippen LogP contribution in [0.3, 0.4) is 0 Å². The lowest BCUT2D eigenvalue weighted by Crippen LogP contribution is -2.52. The number of carbonyl (C=O) groups is 1. The van der Waals surface area contributed by atoms with Crippen LogP contribution in [-0.4, -0.2) is 30.9 Å². The molecule has 0 saturated heterocycles. The number of carbonyl (C=O) groups excluding carboxylic acids is 1. The van der Waals surface area contributed by atoms with E-state index in [2.05, 4.69) is 22.8 Å². The van der Waals surface area contributed by atoms with Gasteiger partial charge in [0.15, 0.2) is 0 Å². The van der Waals surface area contributed by atoms with Gasteiger partial charge in [0.05, 0.1) is 7.11 Å². The summed E-state index contributed by atoms with van der Waals surface area (Å²) >= 11 is 0. The van der Waals surface area contributed by atoms with Crippen molar-refractivity contribution in [1.29, 1.82) is 0 Å². The zero-order valence-corrected chi connectivity index (χ0v) is 13.8. The minimum absolute atomic E-state index is 0.211. The van der Waals surface area contributed by atoms with Gasteiger partial charge in [0.1, 0.15) is 11.4 Å². The van der Waals surface area contributed by atoms with Crippen molar-refractivity contribution in [1.82, 2.24) is 10.6 Å². The summed E-state index contributed by atoms with van der Waals surface area (Å²) in [4.78, 5) is 11.6. The van der Waals surface area contributed by atoms with E-state index >= 15 is 0 Å². The predicted molar refractivity (Wildman–Crippen MR) is 86.0 cm³/mol. The molecule has 5 nitrogen and oxygen atoms in total.